The zero-order valence-corrected chi connectivity index (χ0v) is 13.5. The molecule has 0 heterocycles. The third kappa shape index (κ3) is 3.72. The summed E-state index contributed by atoms with van der Waals surface area (Å²) in [6.45, 7) is 3.46. The van der Waals surface area contributed by atoms with Crippen molar-refractivity contribution in [2.45, 2.75) is 19.3 Å². The molecule has 0 aromatic heterocycles. The summed E-state index contributed by atoms with van der Waals surface area (Å²) in [5, 5.41) is 2.44. The van der Waals surface area contributed by atoms with Crippen LogP contribution in [0.15, 0.2) is 66.7 Å². The molecule has 0 saturated heterocycles. The minimum absolute atomic E-state index is 0.344. The van der Waals surface area contributed by atoms with Crippen LogP contribution in [0, 0.1) is 6.92 Å². The van der Waals surface area contributed by atoms with Crippen LogP contribution in [-0.4, -0.2) is 13.2 Å². The van der Waals surface area contributed by atoms with Gasteiger partial charge in [0.25, 0.3) is 0 Å². The van der Waals surface area contributed by atoms with Crippen LogP contribution in [-0.2, 0) is 0 Å². The maximum Gasteiger partial charge on any atom is 0.119 e. The van der Waals surface area contributed by atoms with Gasteiger partial charge >= 0.3 is 0 Å². The molecule has 23 heavy (non-hydrogen) atoms. The first-order valence-corrected chi connectivity index (χ1v) is 8.15. The van der Waals surface area contributed by atoms with Crippen molar-refractivity contribution in [3.05, 3.63) is 77.9 Å². The Hall–Kier alpha value is -2.32. The minimum atomic E-state index is 0.344. The van der Waals surface area contributed by atoms with Crippen molar-refractivity contribution in [1.29, 1.82) is 0 Å². The lowest BCUT2D eigenvalue weighted by Gasteiger charge is -2.18. The van der Waals surface area contributed by atoms with Crippen LogP contribution in [0.5, 0.6) is 5.75 Å². The number of nitrogens with two attached hydrogens (primary N) is 1. The molecule has 1 atom stereocenters. The van der Waals surface area contributed by atoms with E-state index in [4.69, 9.17) is 10.5 Å². The predicted octanol–water partition coefficient (Wildman–Crippen LogP) is 4.66. The summed E-state index contributed by atoms with van der Waals surface area (Å²) in [7, 11) is 0. The molecule has 0 amide bonds. The second-order valence-electron chi connectivity index (χ2n) is 5.94. The van der Waals surface area contributed by atoms with Gasteiger partial charge in [-0.2, -0.15) is 0 Å². The molecular formula is C21H23NO. The lowest BCUT2D eigenvalue weighted by molar-refractivity contribution is 0.298. The highest BCUT2D eigenvalue weighted by Crippen LogP contribution is 2.24. The van der Waals surface area contributed by atoms with Gasteiger partial charge < -0.3 is 10.5 Å². The van der Waals surface area contributed by atoms with E-state index in [-0.39, 0.29) is 0 Å². The highest BCUT2D eigenvalue weighted by atomic mass is 16.5. The Kier molecular flexibility index (Phi) is 4.94. The molecule has 0 radical (unpaired) electrons. The number of benzene rings is 3. The summed E-state index contributed by atoms with van der Waals surface area (Å²) < 4.78 is 5.95. The number of ether oxygens (including phenoxy) is 1. The van der Waals surface area contributed by atoms with E-state index in [0.717, 1.165) is 12.2 Å². The third-order valence-electron chi connectivity index (χ3n) is 4.37. The van der Waals surface area contributed by atoms with Gasteiger partial charge in [-0.1, -0.05) is 54.6 Å². The molecule has 1 unspecified atom stereocenters. The first-order valence-electron chi connectivity index (χ1n) is 8.15. The standard InChI is InChI=1S/C21H23NO/c1-16-6-2-5-9-21(16)19(15-22)12-13-23-20-11-10-17-7-3-4-8-18(17)14-20/h2-11,14,19H,12-13,15,22H2,1H3. The zero-order valence-electron chi connectivity index (χ0n) is 13.5. The van der Waals surface area contributed by atoms with Crippen LogP contribution in [0.2, 0.25) is 0 Å². The van der Waals surface area contributed by atoms with Gasteiger partial charge in [0.05, 0.1) is 6.61 Å². The van der Waals surface area contributed by atoms with Crippen LogP contribution in [0.4, 0.5) is 0 Å². The van der Waals surface area contributed by atoms with Crippen molar-refractivity contribution in [1.82, 2.24) is 0 Å². The molecule has 118 valence electrons. The van der Waals surface area contributed by atoms with Crippen LogP contribution in [0.25, 0.3) is 10.8 Å². The van der Waals surface area contributed by atoms with E-state index in [1.807, 2.05) is 6.07 Å². The van der Waals surface area contributed by atoms with Crippen LogP contribution in [0.3, 0.4) is 0 Å². The smallest absolute Gasteiger partial charge is 0.119 e. The van der Waals surface area contributed by atoms with Gasteiger partial charge in [-0.3, -0.25) is 0 Å². The maximum atomic E-state index is 5.97. The molecule has 0 bridgehead atoms. The van der Waals surface area contributed by atoms with Crippen molar-refractivity contribution in [2.75, 3.05) is 13.2 Å². The Morgan fingerprint density at radius 2 is 1.65 bits per heavy atom. The van der Waals surface area contributed by atoms with Crippen molar-refractivity contribution in [3.8, 4) is 5.75 Å². The van der Waals surface area contributed by atoms with Gasteiger partial charge in [-0.05, 0) is 59.8 Å². The molecule has 0 aliphatic carbocycles. The average Bonchev–Trinajstić information content (AvgIpc) is 2.59. The Labute approximate surface area is 137 Å². The molecule has 0 saturated carbocycles. The summed E-state index contributed by atoms with van der Waals surface area (Å²) >= 11 is 0. The second kappa shape index (κ2) is 7.30. The van der Waals surface area contributed by atoms with E-state index in [2.05, 4.69) is 67.6 Å². The summed E-state index contributed by atoms with van der Waals surface area (Å²) in [5.41, 5.74) is 8.60. The van der Waals surface area contributed by atoms with Gasteiger partial charge in [-0.15, -0.1) is 0 Å². The van der Waals surface area contributed by atoms with Gasteiger partial charge in [0, 0.05) is 0 Å². The second-order valence-corrected chi connectivity index (χ2v) is 5.94. The van der Waals surface area contributed by atoms with Crippen LogP contribution >= 0.6 is 0 Å². The first-order chi connectivity index (χ1) is 11.3. The zero-order chi connectivity index (χ0) is 16.1. The molecule has 2 N–H and O–H groups in total. The molecule has 0 spiro atoms. The highest BCUT2D eigenvalue weighted by molar-refractivity contribution is 5.83. The largest absolute Gasteiger partial charge is 0.494 e. The monoisotopic (exact) mass is 305 g/mol. The topological polar surface area (TPSA) is 35.2 Å². The maximum absolute atomic E-state index is 5.97. The van der Waals surface area contributed by atoms with E-state index >= 15 is 0 Å². The van der Waals surface area contributed by atoms with E-state index in [1.54, 1.807) is 0 Å². The van der Waals surface area contributed by atoms with E-state index in [1.165, 1.54) is 21.9 Å². The Morgan fingerprint density at radius 1 is 0.913 bits per heavy atom. The van der Waals surface area contributed by atoms with Crippen molar-refractivity contribution in [2.24, 2.45) is 5.73 Å². The molecule has 2 heteroatoms. The fourth-order valence-corrected chi connectivity index (χ4v) is 3.02. The van der Waals surface area contributed by atoms with E-state index < -0.39 is 0 Å². The summed E-state index contributed by atoms with van der Waals surface area (Å²) in [6.07, 6.45) is 0.925. The molecular weight excluding hydrogens is 282 g/mol. The summed E-state index contributed by atoms with van der Waals surface area (Å²) in [4.78, 5) is 0. The van der Waals surface area contributed by atoms with Crippen molar-refractivity contribution >= 4 is 10.8 Å². The normalized spacial score (nSPS) is 12.3. The van der Waals surface area contributed by atoms with E-state index in [0.29, 0.717) is 19.1 Å². The Morgan fingerprint density at radius 3 is 2.43 bits per heavy atom. The SMILES string of the molecule is Cc1ccccc1C(CN)CCOc1ccc2ccccc2c1. The fourth-order valence-electron chi connectivity index (χ4n) is 3.02. The molecule has 3 aromatic carbocycles. The van der Waals surface area contributed by atoms with Gasteiger partial charge in [-0.25, -0.2) is 0 Å². The summed E-state index contributed by atoms with van der Waals surface area (Å²) in [5.74, 6) is 1.26. The molecule has 3 aromatic rings. The van der Waals surface area contributed by atoms with Gasteiger partial charge in [0.15, 0.2) is 0 Å². The third-order valence-corrected chi connectivity index (χ3v) is 4.37. The van der Waals surface area contributed by atoms with Crippen molar-refractivity contribution in [3.63, 3.8) is 0 Å². The number of aryl methyl sites for hydroxylation is 1. The predicted molar refractivity (Wildman–Crippen MR) is 97.0 cm³/mol. The Balaban J connectivity index is 1.64. The average molecular weight is 305 g/mol. The molecule has 3 rings (SSSR count). The lowest BCUT2D eigenvalue weighted by Crippen LogP contribution is -2.16. The number of fused-ring (bicyclic) bond motifs is 1. The van der Waals surface area contributed by atoms with Crippen molar-refractivity contribution < 1.29 is 4.74 Å². The highest BCUT2D eigenvalue weighted by Gasteiger charge is 2.12. The van der Waals surface area contributed by atoms with Gasteiger partial charge in [0.1, 0.15) is 5.75 Å². The fraction of sp³-hybridized carbons (Fsp3) is 0.238. The quantitative estimate of drug-likeness (QED) is 0.719. The van der Waals surface area contributed by atoms with Crippen LogP contribution in [0.1, 0.15) is 23.5 Å². The van der Waals surface area contributed by atoms with Crippen LogP contribution < -0.4 is 10.5 Å². The first kappa shape index (κ1) is 15.6. The van der Waals surface area contributed by atoms with E-state index in [9.17, 15) is 0 Å². The molecule has 2 nitrogen and oxygen atoms in total. The number of rotatable bonds is 6. The molecule has 0 aliphatic heterocycles. The Bertz CT molecular complexity index is 781. The lowest BCUT2D eigenvalue weighted by atomic mass is 9.92. The number of hydrogen-bond acceptors (Lipinski definition) is 2. The number of hydrogen-bond donors (Lipinski definition) is 1. The summed E-state index contributed by atoms with van der Waals surface area (Å²) in [6, 6.07) is 23.0. The van der Waals surface area contributed by atoms with Gasteiger partial charge in [0.2, 0.25) is 0 Å². The molecule has 0 aliphatic rings. The minimum Gasteiger partial charge on any atom is -0.494 e. The molecule has 0 fully saturated rings.